The first kappa shape index (κ1) is 13.7. The smallest absolute Gasteiger partial charge is 0.100 e. The number of piperidine rings is 1. The number of hydrogen-bond acceptors (Lipinski definition) is 3. The van der Waals surface area contributed by atoms with Crippen LogP contribution in [0.5, 0.6) is 0 Å². The Kier molecular flexibility index (Phi) is 5.43. The van der Waals surface area contributed by atoms with Crippen LogP contribution in [0.25, 0.3) is 0 Å². The molecule has 16 heavy (non-hydrogen) atoms. The van der Waals surface area contributed by atoms with Gasteiger partial charge in [-0.1, -0.05) is 29.7 Å². The van der Waals surface area contributed by atoms with Crippen molar-refractivity contribution in [2.45, 2.75) is 12.8 Å². The quantitative estimate of drug-likeness (QED) is 0.605. The van der Waals surface area contributed by atoms with Crippen LogP contribution in [0.2, 0.25) is 0 Å². The van der Waals surface area contributed by atoms with Crippen molar-refractivity contribution in [2.24, 2.45) is 5.92 Å². The Bertz CT molecular complexity index is 336. The SMILES string of the molecule is N=C(Cl)C1CCN(c2c[c-]ncc2)CC1.[W]. The fourth-order valence-corrected chi connectivity index (χ4v) is 2.11. The van der Waals surface area contributed by atoms with Crippen LogP contribution in [0.15, 0.2) is 18.3 Å². The number of halogens is 1. The van der Waals surface area contributed by atoms with Crippen molar-refractivity contribution in [3.8, 4) is 0 Å². The first-order valence-electron chi connectivity index (χ1n) is 5.08. The third-order valence-corrected chi connectivity index (χ3v) is 3.13. The minimum Gasteiger partial charge on any atom is -0.423 e. The Morgan fingerprint density at radius 2 is 2.19 bits per heavy atom. The van der Waals surface area contributed by atoms with Gasteiger partial charge in [-0.3, -0.25) is 5.41 Å². The van der Waals surface area contributed by atoms with Crippen LogP contribution in [0.4, 0.5) is 5.69 Å². The molecule has 1 aromatic heterocycles. The zero-order valence-electron chi connectivity index (χ0n) is 8.82. The van der Waals surface area contributed by atoms with Gasteiger partial charge in [0, 0.05) is 40.1 Å². The summed E-state index contributed by atoms with van der Waals surface area (Å²) in [6, 6.07) is 3.88. The van der Waals surface area contributed by atoms with Crippen LogP contribution in [-0.2, 0) is 21.1 Å². The predicted octanol–water partition coefficient (Wildman–Crippen LogP) is 2.31. The van der Waals surface area contributed by atoms with Gasteiger partial charge in [0.1, 0.15) is 5.17 Å². The van der Waals surface area contributed by atoms with Crippen LogP contribution in [0, 0.1) is 17.5 Å². The second kappa shape index (κ2) is 6.36. The summed E-state index contributed by atoms with van der Waals surface area (Å²) in [5.41, 5.74) is 1.16. The summed E-state index contributed by atoms with van der Waals surface area (Å²) in [5.74, 6) is 0.258. The van der Waals surface area contributed by atoms with Gasteiger partial charge in [0.05, 0.1) is 0 Å². The fourth-order valence-electron chi connectivity index (χ4n) is 1.90. The molecule has 0 unspecified atom stereocenters. The van der Waals surface area contributed by atoms with E-state index in [1.165, 1.54) is 0 Å². The molecule has 1 aromatic rings. The van der Waals surface area contributed by atoms with E-state index in [4.69, 9.17) is 17.0 Å². The molecule has 86 valence electrons. The Hall–Kier alpha value is -0.402. The third kappa shape index (κ3) is 3.29. The Morgan fingerprint density at radius 1 is 1.50 bits per heavy atom. The number of hydrogen-bond donors (Lipinski definition) is 1. The number of aromatic nitrogens is 1. The zero-order valence-corrected chi connectivity index (χ0v) is 12.5. The molecule has 1 aliphatic heterocycles. The molecular weight excluding hydrogens is 393 g/mol. The molecule has 2 heterocycles. The monoisotopic (exact) mass is 406 g/mol. The number of pyridine rings is 1. The van der Waals surface area contributed by atoms with Crippen molar-refractivity contribution >= 4 is 22.5 Å². The molecule has 1 aliphatic rings. The first-order chi connectivity index (χ1) is 7.27. The second-order valence-corrected chi connectivity index (χ2v) is 4.16. The number of nitrogens with one attached hydrogen (secondary N) is 1. The van der Waals surface area contributed by atoms with Gasteiger partial charge in [-0.25, -0.2) is 0 Å². The third-order valence-electron chi connectivity index (χ3n) is 2.83. The van der Waals surface area contributed by atoms with Crippen molar-refractivity contribution in [1.29, 1.82) is 5.41 Å². The van der Waals surface area contributed by atoms with Gasteiger partial charge in [0.2, 0.25) is 0 Å². The normalized spacial score (nSPS) is 16.7. The van der Waals surface area contributed by atoms with Gasteiger partial charge in [-0.2, -0.15) is 0 Å². The Labute approximate surface area is 115 Å². The van der Waals surface area contributed by atoms with Crippen LogP contribution >= 0.6 is 11.6 Å². The molecule has 0 aliphatic carbocycles. The molecular formula is C11H13ClN3W-. The molecule has 0 spiro atoms. The van der Waals surface area contributed by atoms with E-state index in [0.29, 0.717) is 5.17 Å². The van der Waals surface area contributed by atoms with Crippen molar-refractivity contribution < 1.29 is 21.1 Å². The molecule has 2 rings (SSSR count). The minimum atomic E-state index is 0. The summed E-state index contributed by atoms with van der Waals surface area (Å²) in [6.07, 6.45) is 6.51. The summed E-state index contributed by atoms with van der Waals surface area (Å²) < 4.78 is 0. The van der Waals surface area contributed by atoms with Crippen molar-refractivity contribution in [3.63, 3.8) is 0 Å². The Morgan fingerprint density at radius 3 is 2.69 bits per heavy atom. The van der Waals surface area contributed by atoms with E-state index in [1.54, 1.807) is 6.20 Å². The van der Waals surface area contributed by atoms with E-state index in [2.05, 4.69) is 16.1 Å². The molecule has 0 bridgehead atoms. The molecule has 1 N–H and O–H groups in total. The molecule has 0 saturated carbocycles. The van der Waals surface area contributed by atoms with Gasteiger partial charge < -0.3 is 9.88 Å². The fraction of sp³-hybridized carbons (Fsp3) is 0.455. The van der Waals surface area contributed by atoms with Crippen LogP contribution in [0.3, 0.4) is 0 Å². The minimum absolute atomic E-state index is 0. The summed E-state index contributed by atoms with van der Waals surface area (Å²) in [5, 5.41) is 7.69. The second-order valence-electron chi connectivity index (χ2n) is 3.75. The van der Waals surface area contributed by atoms with E-state index in [9.17, 15) is 0 Å². The maximum atomic E-state index is 7.39. The summed E-state index contributed by atoms with van der Waals surface area (Å²) in [6.45, 7) is 1.91. The zero-order chi connectivity index (χ0) is 10.7. The van der Waals surface area contributed by atoms with Crippen LogP contribution in [-0.4, -0.2) is 23.2 Å². The maximum absolute atomic E-state index is 7.39. The average molecular weight is 407 g/mol. The van der Waals surface area contributed by atoms with Crippen molar-refractivity contribution in [3.05, 3.63) is 24.5 Å². The summed E-state index contributed by atoms with van der Waals surface area (Å²) in [4.78, 5) is 6.16. The number of anilines is 1. The average Bonchev–Trinajstić information content (AvgIpc) is 2.30. The van der Waals surface area contributed by atoms with Crippen LogP contribution < -0.4 is 4.90 Å². The topological polar surface area (TPSA) is 40.0 Å². The molecule has 0 aromatic carbocycles. The number of rotatable bonds is 2. The van der Waals surface area contributed by atoms with Gasteiger partial charge in [0.15, 0.2) is 0 Å². The molecule has 1 fully saturated rings. The summed E-state index contributed by atoms with van der Waals surface area (Å²) in [7, 11) is 0. The van der Waals surface area contributed by atoms with Gasteiger partial charge >= 0.3 is 0 Å². The molecule has 1 saturated heterocycles. The Balaban J connectivity index is 0.00000128. The molecule has 5 heteroatoms. The van der Waals surface area contributed by atoms with E-state index < -0.39 is 0 Å². The predicted molar refractivity (Wildman–Crippen MR) is 61.6 cm³/mol. The van der Waals surface area contributed by atoms with E-state index >= 15 is 0 Å². The standard InChI is InChI=1S/C11H13ClN3.W/c12-11(13)9-3-7-15(8-4-9)10-1-5-14-6-2-10;/h1-2,5,9,13H,3-4,7-8H2;/q-1;. The van der Waals surface area contributed by atoms with Gasteiger partial charge in [-0.15, -0.1) is 12.1 Å². The molecule has 3 nitrogen and oxygen atoms in total. The van der Waals surface area contributed by atoms with Crippen LogP contribution in [0.1, 0.15) is 12.8 Å². The molecule has 0 radical (unpaired) electrons. The van der Waals surface area contributed by atoms with Crippen molar-refractivity contribution in [2.75, 3.05) is 18.0 Å². The molecule has 0 amide bonds. The first-order valence-corrected chi connectivity index (χ1v) is 5.46. The van der Waals surface area contributed by atoms with Gasteiger partial charge in [0.25, 0.3) is 0 Å². The van der Waals surface area contributed by atoms with E-state index in [-0.39, 0.29) is 27.0 Å². The maximum Gasteiger partial charge on any atom is 0.100 e. The van der Waals surface area contributed by atoms with Crippen molar-refractivity contribution in [1.82, 2.24) is 4.98 Å². The molecule has 0 atom stereocenters. The largest absolute Gasteiger partial charge is 0.423 e. The van der Waals surface area contributed by atoms with E-state index in [0.717, 1.165) is 31.6 Å². The van der Waals surface area contributed by atoms with E-state index in [1.807, 2.05) is 12.1 Å². The van der Waals surface area contributed by atoms with Gasteiger partial charge in [-0.05, 0) is 12.8 Å². The summed E-state index contributed by atoms with van der Waals surface area (Å²) >= 11 is 5.70. The number of nitrogens with zero attached hydrogens (tertiary/aromatic N) is 2.